The molecule has 170 valence electrons. The number of rotatable bonds is 11. The Balaban J connectivity index is 1.67. The van der Waals surface area contributed by atoms with Gasteiger partial charge in [0.05, 0.1) is 40.7 Å². The Labute approximate surface area is 182 Å². The average Bonchev–Trinajstić information content (AvgIpc) is 3.43. The second-order valence-corrected chi connectivity index (χ2v) is 7.36. The molecule has 0 saturated carbocycles. The zero-order chi connectivity index (χ0) is 22.2. The van der Waals surface area contributed by atoms with Gasteiger partial charge in [0.1, 0.15) is 5.75 Å². The smallest absolute Gasteiger partial charge is 0.273 e. The normalized spacial score (nSPS) is 16.3. The van der Waals surface area contributed by atoms with Gasteiger partial charge < -0.3 is 24.3 Å². The van der Waals surface area contributed by atoms with Crippen molar-refractivity contribution in [2.24, 2.45) is 0 Å². The van der Waals surface area contributed by atoms with Gasteiger partial charge in [-0.15, -0.1) is 5.10 Å². The van der Waals surface area contributed by atoms with Crippen molar-refractivity contribution >= 4 is 5.91 Å². The minimum Gasteiger partial charge on any atom is -0.496 e. The van der Waals surface area contributed by atoms with Crippen LogP contribution in [0.25, 0.3) is 0 Å². The van der Waals surface area contributed by atoms with E-state index in [9.17, 15) is 4.79 Å². The summed E-state index contributed by atoms with van der Waals surface area (Å²) in [7, 11) is 6.48. The third-order valence-corrected chi connectivity index (χ3v) is 5.42. The fourth-order valence-corrected chi connectivity index (χ4v) is 3.81. The zero-order valence-electron chi connectivity index (χ0n) is 18.6. The second kappa shape index (κ2) is 11.0. The molecule has 0 bridgehead atoms. The van der Waals surface area contributed by atoms with Gasteiger partial charge in [0.25, 0.3) is 5.91 Å². The van der Waals surface area contributed by atoms with Crippen LogP contribution in [0.5, 0.6) is 17.2 Å². The standard InChI is InChI=1S/C21H31N5O5/c1-28-9-7-22-21(27)17-14-26(24-23-17)13-16-6-5-8-25(16)12-15-10-19(30-3)20(31-4)11-18(15)29-2/h10-11,14,16H,5-9,12-13H2,1-4H3,(H,22,27)/t16-/m0/s1. The molecule has 10 nitrogen and oxygen atoms in total. The highest BCUT2D eigenvalue weighted by Gasteiger charge is 2.27. The van der Waals surface area contributed by atoms with Crippen molar-refractivity contribution in [3.05, 3.63) is 29.6 Å². The zero-order valence-corrected chi connectivity index (χ0v) is 18.6. The van der Waals surface area contributed by atoms with Gasteiger partial charge in [-0.1, -0.05) is 5.21 Å². The molecule has 1 aromatic carbocycles. The van der Waals surface area contributed by atoms with Gasteiger partial charge in [0.15, 0.2) is 17.2 Å². The molecule has 31 heavy (non-hydrogen) atoms. The van der Waals surface area contributed by atoms with Gasteiger partial charge in [0, 0.05) is 37.9 Å². The number of carbonyl (C=O) groups excluding carboxylic acids is 1. The molecule has 1 fully saturated rings. The van der Waals surface area contributed by atoms with Crippen LogP contribution in [0.4, 0.5) is 0 Å². The summed E-state index contributed by atoms with van der Waals surface area (Å²) in [5.74, 6) is 1.83. The highest BCUT2D eigenvalue weighted by atomic mass is 16.5. The number of nitrogens with one attached hydrogen (secondary N) is 1. The Bertz CT molecular complexity index is 872. The van der Waals surface area contributed by atoms with Gasteiger partial charge in [-0.3, -0.25) is 14.4 Å². The van der Waals surface area contributed by atoms with Crippen molar-refractivity contribution in [1.82, 2.24) is 25.2 Å². The Morgan fingerprint density at radius 3 is 2.58 bits per heavy atom. The maximum atomic E-state index is 12.1. The molecular formula is C21H31N5O5. The highest BCUT2D eigenvalue weighted by molar-refractivity contribution is 5.91. The molecule has 10 heteroatoms. The van der Waals surface area contributed by atoms with Crippen LogP contribution in [0.2, 0.25) is 0 Å². The van der Waals surface area contributed by atoms with Crippen LogP contribution in [0, 0.1) is 0 Å². The second-order valence-electron chi connectivity index (χ2n) is 7.36. The Morgan fingerprint density at radius 1 is 1.13 bits per heavy atom. The lowest BCUT2D eigenvalue weighted by molar-refractivity contribution is 0.0932. The van der Waals surface area contributed by atoms with Crippen molar-refractivity contribution in [2.45, 2.75) is 32.0 Å². The van der Waals surface area contributed by atoms with Gasteiger partial charge in [-0.2, -0.15) is 0 Å². The van der Waals surface area contributed by atoms with E-state index in [1.54, 1.807) is 39.3 Å². The van der Waals surface area contributed by atoms with E-state index in [1.807, 2.05) is 12.1 Å². The number of benzene rings is 1. The molecule has 1 N–H and O–H groups in total. The van der Waals surface area contributed by atoms with E-state index in [1.165, 1.54) is 0 Å². The lowest BCUT2D eigenvalue weighted by Crippen LogP contribution is -2.33. The van der Waals surface area contributed by atoms with Crippen LogP contribution in [0.15, 0.2) is 18.3 Å². The van der Waals surface area contributed by atoms with Crippen LogP contribution in [-0.2, 0) is 17.8 Å². The molecule has 0 unspecified atom stereocenters. The van der Waals surface area contributed by atoms with Crippen LogP contribution < -0.4 is 19.5 Å². The summed E-state index contributed by atoms with van der Waals surface area (Å²) in [6.45, 7) is 3.24. The van der Waals surface area contributed by atoms with Crippen molar-refractivity contribution in [1.29, 1.82) is 0 Å². The summed E-state index contributed by atoms with van der Waals surface area (Å²) in [4.78, 5) is 14.5. The van der Waals surface area contributed by atoms with Gasteiger partial charge in [-0.25, -0.2) is 0 Å². The number of ether oxygens (including phenoxy) is 4. The summed E-state index contributed by atoms with van der Waals surface area (Å²) >= 11 is 0. The molecule has 1 atom stereocenters. The minimum atomic E-state index is -0.248. The number of aromatic nitrogens is 3. The topological polar surface area (TPSA) is 100.0 Å². The average molecular weight is 434 g/mol. The van der Waals surface area contributed by atoms with E-state index in [0.717, 1.165) is 30.7 Å². The maximum absolute atomic E-state index is 12.1. The Kier molecular flexibility index (Phi) is 8.07. The van der Waals surface area contributed by atoms with E-state index in [-0.39, 0.29) is 11.9 Å². The molecule has 1 aliphatic rings. The molecule has 1 amide bonds. The number of amides is 1. The van der Waals surface area contributed by atoms with Crippen molar-refractivity contribution in [3.8, 4) is 17.2 Å². The molecule has 0 radical (unpaired) electrons. The van der Waals surface area contributed by atoms with Crippen LogP contribution >= 0.6 is 0 Å². The third kappa shape index (κ3) is 5.65. The summed E-state index contributed by atoms with van der Waals surface area (Å²) in [5.41, 5.74) is 1.34. The summed E-state index contributed by atoms with van der Waals surface area (Å²) in [5, 5.41) is 10.9. The van der Waals surface area contributed by atoms with Gasteiger partial charge >= 0.3 is 0 Å². The van der Waals surface area contributed by atoms with Crippen LogP contribution in [0.1, 0.15) is 28.9 Å². The summed E-state index contributed by atoms with van der Waals surface area (Å²) in [6.07, 6.45) is 3.83. The summed E-state index contributed by atoms with van der Waals surface area (Å²) < 4.78 is 23.1. The van der Waals surface area contributed by atoms with Crippen molar-refractivity contribution in [3.63, 3.8) is 0 Å². The molecule has 1 saturated heterocycles. The first-order valence-corrected chi connectivity index (χ1v) is 10.3. The molecule has 1 aromatic heterocycles. The first-order chi connectivity index (χ1) is 15.1. The molecule has 1 aliphatic heterocycles. The number of methoxy groups -OCH3 is 4. The van der Waals surface area contributed by atoms with Gasteiger partial charge in [-0.05, 0) is 25.5 Å². The van der Waals surface area contributed by atoms with Gasteiger partial charge in [0.2, 0.25) is 0 Å². The van der Waals surface area contributed by atoms with Crippen molar-refractivity contribution < 1.29 is 23.7 Å². The molecule has 2 aromatic rings. The fraction of sp³-hybridized carbons (Fsp3) is 0.571. The Hall–Kier alpha value is -2.85. The van der Waals surface area contributed by atoms with E-state index in [2.05, 4.69) is 20.5 Å². The number of carbonyl (C=O) groups is 1. The quantitative estimate of drug-likeness (QED) is 0.530. The monoisotopic (exact) mass is 433 g/mol. The van der Waals surface area contributed by atoms with Crippen molar-refractivity contribution in [2.75, 3.05) is 48.1 Å². The number of hydrogen-bond donors (Lipinski definition) is 1. The predicted octanol–water partition coefficient (Wildman–Crippen LogP) is 1.34. The number of likely N-dealkylation sites (tertiary alicyclic amines) is 1. The maximum Gasteiger partial charge on any atom is 0.273 e. The molecule has 3 rings (SSSR count). The van der Waals surface area contributed by atoms with Crippen LogP contribution in [-0.4, -0.2) is 80.0 Å². The number of nitrogens with zero attached hydrogens (tertiary/aromatic N) is 4. The minimum absolute atomic E-state index is 0.248. The lowest BCUT2D eigenvalue weighted by atomic mass is 10.1. The SMILES string of the molecule is COCCNC(=O)c1cn(C[C@@H]2CCCN2Cc2cc(OC)c(OC)cc2OC)nn1. The molecule has 0 aliphatic carbocycles. The first kappa shape index (κ1) is 22.8. The third-order valence-electron chi connectivity index (χ3n) is 5.42. The van der Waals surface area contributed by atoms with E-state index in [4.69, 9.17) is 18.9 Å². The predicted molar refractivity (Wildman–Crippen MR) is 114 cm³/mol. The number of hydrogen-bond acceptors (Lipinski definition) is 8. The summed E-state index contributed by atoms with van der Waals surface area (Å²) in [6, 6.07) is 4.10. The van der Waals surface area contributed by atoms with E-state index >= 15 is 0 Å². The van der Waals surface area contributed by atoms with Crippen LogP contribution in [0.3, 0.4) is 0 Å². The lowest BCUT2D eigenvalue weighted by Gasteiger charge is -2.25. The van der Waals surface area contributed by atoms with E-state index in [0.29, 0.717) is 43.4 Å². The van der Waals surface area contributed by atoms with E-state index < -0.39 is 0 Å². The largest absolute Gasteiger partial charge is 0.496 e. The molecule has 0 spiro atoms. The molecule has 2 heterocycles. The first-order valence-electron chi connectivity index (χ1n) is 10.3. The molecular weight excluding hydrogens is 402 g/mol. The highest BCUT2D eigenvalue weighted by Crippen LogP contribution is 2.36. The fourth-order valence-electron chi connectivity index (χ4n) is 3.81. The Morgan fingerprint density at radius 2 is 1.87 bits per heavy atom.